The van der Waals surface area contributed by atoms with Crippen molar-refractivity contribution in [1.82, 2.24) is 5.32 Å². The number of nitrogens with one attached hydrogen (secondary N) is 1. The molecule has 10 heteroatoms. The van der Waals surface area contributed by atoms with E-state index in [1.54, 1.807) is 0 Å². The van der Waals surface area contributed by atoms with Crippen LogP contribution in [0.3, 0.4) is 0 Å². The van der Waals surface area contributed by atoms with Gasteiger partial charge in [0.05, 0.1) is 13.2 Å². The van der Waals surface area contributed by atoms with E-state index < -0.39 is 26.5 Å². The third-order valence-corrected chi connectivity index (χ3v) is 9.73. The summed E-state index contributed by atoms with van der Waals surface area (Å²) in [6.45, 7) is 3.41. The number of esters is 1. The number of ether oxygens (including phenoxy) is 1. The summed E-state index contributed by atoms with van der Waals surface area (Å²) in [5.74, 6) is -0.539. The Morgan fingerprint density at radius 1 is 0.604 bits per heavy atom. The monoisotopic (exact) mass is 768 g/mol. The lowest BCUT2D eigenvalue weighted by atomic mass is 10.1. The van der Waals surface area contributed by atoms with E-state index in [4.69, 9.17) is 13.8 Å². The van der Waals surface area contributed by atoms with Crippen molar-refractivity contribution in [2.24, 2.45) is 0 Å². The van der Waals surface area contributed by atoms with Crippen LogP contribution in [-0.2, 0) is 27.9 Å². The molecule has 0 saturated heterocycles. The van der Waals surface area contributed by atoms with Crippen LogP contribution in [0.15, 0.2) is 48.6 Å². The number of aliphatic hydroxyl groups excluding tert-OH is 1. The number of hydrogen-bond donors (Lipinski definition) is 3. The van der Waals surface area contributed by atoms with Crippen LogP contribution in [-0.4, -0.2) is 54.3 Å². The second-order valence-corrected chi connectivity index (χ2v) is 15.4. The van der Waals surface area contributed by atoms with Gasteiger partial charge in [-0.05, 0) is 70.6 Å². The highest BCUT2D eigenvalue weighted by Crippen LogP contribution is 2.42. The van der Waals surface area contributed by atoms with Gasteiger partial charge in [0.25, 0.3) is 0 Å². The number of hydrogen-bond acceptors (Lipinski definition) is 7. The molecule has 0 spiro atoms. The molecule has 1 amide bonds. The predicted octanol–water partition coefficient (Wildman–Crippen LogP) is 11.5. The Labute approximate surface area is 324 Å². The Morgan fingerprint density at radius 2 is 1.08 bits per heavy atom. The molecule has 0 aliphatic carbocycles. The molecule has 9 nitrogen and oxygen atoms in total. The van der Waals surface area contributed by atoms with Crippen LogP contribution in [0.2, 0.25) is 0 Å². The van der Waals surface area contributed by atoms with E-state index in [1.165, 1.54) is 77.0 Å². The van der Waals surface area contributed by atoms with Crippen molar-refractivity contribution >= 4 is 19.7 Å². The van der Waals surface area contributed by atoms with Gasteiger partial charge in [-0.3, -0.25) is 18.6 Å². The molecule has 2 unspecified atom stereocenters. The van der Waals surface area contributed by atoms with Gasteiger partial charge < -0.3 is 20.1 Å². The van der Waals surface area contributed by atoms with Crippen LogP contribution in [0.25, 0.3) is 0 Å². The number of phosphoric acid groups is 1. The standard InChI is InChI=1S/C43H78NO8P/c1-3-5-7-9-11-13-15-17-19-20-22-23-25-27-29-31-33-35-42(46)44-37-38-51-53(48,49)52-40-41(45)39-50-43(47)36-34-32-30-28-26-24-21-18-16-14-12-10-8-6-4-2/h6,8,12,14,17-19,21,41,45H,3-5,7,9-11,13,15-16,20,22-40H2,1-2H3,(H,44,46)(H,48,49)/b8-6-,14-12-,19-17-,21-18-. The molecule has 0 aromatic carbocycles. The van der Waals surface area contributed by atoms with Gasteiger partial charge in [-0.2, -0.15) is 0 Å². The van der Waals surface area contributed by atoms with Gasteiger partial charge in [-0.1, -0.05) is 146 Å². The number of allylic oxidation sites excluding steroid dienone is 8. The van der Waals surface area contributed by atoms with Gasteiger partial charge in [0.15, 0.2) is 0 Å². The summed E-state index contributed by atoms with van der Waals surface area (Å²) in [4.78, 5) is 33.9. The lowest BCUT2D eigenvalue weighted by molar-refractivity contribution is -0.147. The minimum Gasteiger partial charge on any atom is -0.463 e. The maximum atomic E-state index is 12.1. The zero-order chi connectivity index (χ0) is 38.9. The van der Waals surface area contributed by atoms with Crippen molar-refractivity contribution in [3.63, 3.8) is 0 Å². The first-order chi connectivity index (χ1) is 25.8. The molecule has 0 aromatic rings. The highest BCUT2D eigenvalue weighted by Gasteiger charge is 2.23. The molecule has 0 fully saturated rings. The molecule has 0 aliphatic rings. The first-order valence-corrected chi connectivity index (χ1v) is 22.6. The van der Waals surface area contributed by atoms with E-state index in [0.717, 1.165) is 70.6 Å². The van der Waals surface area contributed by atoms with Crippen molar-refractivity contribution in [3.05, 3.63) is 48.6 Å². The minimum absolute atomic E-state index is 0.0762. The topological polar surface area (TPSA) is 131 Å². The SMILES string of the molecule is CC/C=C\C/C=C\C/C=C\CCCCCCCC(=O)OCC(O)COP(=O)(O)OCCNC(=O)CCCCCCCCC/C=C\CCCCCCCC. The first kappa shape index (κ1) is 51.0. The van der Waals surface area contributed by atoms with Crippen molar-refractivity contribution in [2.45, 2.75) is 187 Å². The fraction of sp³-hybridized carbons (Fsp3) is 0.767. The second-order valence-electron chi connectivity index (χ2n) is 13.9. The summed E-state index contributed by atoms with van der Waals surface area (Å²) >= 11 is 0. The number of carbonyl (C=O) groups is 2. The molecule has 0 bridgehead atoms. The molecule has 2 atom stereocenters. The van der Waals surface area contributed by atoms with Crippen LogP contribution in [0.4, 0.5) is 0 Å². The Bertz CT molecular complexity index is 1010. The molecule has 0 heterocycles. The van der Waals surface area contributed by atoms with Gasteiger partial charge in [0.1, 0.15) is 12.7 Å². The third-order valence-electron chi connectivity index (χ3n) is 8.74. The summed E-state index contributed by atoms with van der Waals surface area (Å²) in [5, 5.41) is 12.7. The predicted molar refractivity (Wildman–Crippen MR) is 220 cm³/mol. The Balaban J connectivity index is 3.63. The molecule has 0 saturated carbocycles. The number of amides is 1. The normalized spacial score (nSPS) is 13.8. The summed E-state index contributed by atoms with van der Waals surface area (Å²) in [6.07, 6.45) is 44.7. The molecule has 0 aromatic heterocycles. The first-order valence-electron chi connectivity index (χ1n) is 21.1. The number of carbonyl (C=O) groups excluding carboxylic acids is 2. The van der Waals surface area contributed by atoms with Gasteiger partial charge in [0, 0.05) is 19.4 Å². The van der Waals surface area contributed by atoms with E-state index in [9.17, 15) is 24.2 Å². The largest absolute Gasteiger partial charge is 0.472 e. The lowest BCUT2D eigenvalue weighted by Crippen LogP contribution is -2.27. The van der Waals surface area contributed by atoms with Crippen LogP contribution in [0.1, 0.15) is 181 Å². The van der Waals surface area contributed by atoms with Crippen LogP contribution in [0.5, 0.6) is 0 Å². The number of phosphoric ester groups is 1. The summed E-state index contributed by atoms with van der Waals surface area (Å²) in [7, 11) is -4.42. The lowest BCUT2D eigenvalue weighted by Gasteiger charge is -2.15. The summed E-state index contributed by atoms with van der Waals surface area (Å²) in [6, 6.07) is 0. The van der Waals surface area contributed by atoms with E-state index >= 15 is 0 Å². The quantitative estimate of drug-likeness (QED) is 0.0244. The maximum Gasteiger partial charge on any atom is 0.472 e. The van der Waals surface area contributed by atoms with Crippen molar-refractivity contribution < 1.29 is 37.9 Å². The zero-order valence-corrected chi connectivity index (χ0v) is 34.6. The number of rotatable bonds is 39. The van der Waals surface area contributed by atoms with Crippen LogP contribution < -0.4 is 5.32 Å². The van der Waals surface area contributed by atoms with Gasteiger partial charge in [-0.15, -0.1) is 0 Å². The van der Waals surface area contributed by atoms with Gasteiger partial charge >= 0.3 is 13.8 Å². The van der Waals surface area contributed by atoms with Crippen molar-refractivity contribution in [1.29, 1.82) is 0 Å². The third kappa shape index (κ3) is 41.0. The average Bonchev–Trinajstić information content (AvgIpc) is 3.14. The van der Waals surface area contributed by atoms with E-state index in [1.807, 2.05) is 0 Å². The van der Waals surface area contributed by atoms with Crippen molar-refractivity contribution in [2.75, 3.05) is 26.4 Å². The van der Waals surface area contributed by atoms with Crippen molar-refractivity contribution in [3.8, 4) is 0 Å². The van der Waals surface area contributed by atoms with Gasteiger partial charge in [-0.25, -0.2) is 4.57 Å². The molecule has 0 rings (SSSR count). The van der Waals surface area contributed by atoms with E-state index in [-0.39, 0.29) is 32.1 Å². The number of unbranched alkanes of at least 4 members (excludes halogenated alkanes) is 18. The summed E-state index contributed by atoms with van der Waals surface area (Å²) < 4.78 is 26.8. The Morgan fingerprint density at radius 3 is 1.64 bits per heavy atom. The molecular formula is C43H78NO8P. The van der Waals surface area contributed by atoms with Crippen LogP contribution >= 0.6 is 7.82 Å². The Hall–Kier alpha value is -2.03. The molecule has 308 valence electrons. The number of aliphatic hydroxyl groups is 1. The second kappa shape index (κ2) is 39.7. The Kier molecular flexibility index (Phi) is 38.1. The maximum absolute atomic E-state index is 12.1. The van der Waals surface area contributed by atoms with E-state index in [2.05, 4.69) is 67.8 Å². The minimum atomic E-state index is -4.42. The molecule has 0 aliphatic heterocycles. The highest BCUT2D eigenvalue weighted by molar-refractivity contribution is 7.47. The molecular weight excluding hydrogens is 689 g/mol. The fourth-order valence-corrected chi connectivity index (χ4v) is 6.32. The van der Waals surface area contributed by atoms with E-state index in [0.29, 0.717) is 12.8 Å². The van der Waals surface area contributed by atoms with Gasteiger partial charge in [0.2, 0.25) is 5.91 Å². The zero-order valence-electron chi connectivity index (χ0n) is 33.7. The highest BCUT2D eigenvalue weighted by atomic mass is 31.2. The average molecular weight is 768 g/mol. The molecule has 0 radical (unpaired) electrons. The van der Waals surface area contributed by atoms with Crippen LogP contribution in [0, 0.1) is 0 Å². The molecule has 3 N–H and O–H groups in total. The summed E-state index contributed by atoms with van der Waals surface area (Å²) in [5.41, 5.74) is 0. The molecule has 53 heavy (non-hydrogen) atoms. The fourth-order valence-electron chi connectivity index (χ4n) is 5.57. The smallest absolute Gasteiger partial charge is 0.463 e.